The fourth-order valence-electron chi connectivity index (χ4n) is 4.17. The summed E-state index contributed by atoms with van der Waals surface area (Å²) >= 11 is 3.30. The number of rotatable bonds is 11. The van der Waals surface area contributed by atoms with E-state index in [1.807, 2.05) is 30.3 Å². The van der Waals surface area contributed by atoms with E-state index in [9.17, 15) is 9.59 Å². The molecule has 0 radical (unpaired) electrons. The van der Waals surface area contributed by atoms with Gasteiger partial charge in [-0.1, -0.05) is 53.8 Å². The molecule has 1 aromatic heterocycles. The Labute approximate surface area is 265 Å². The molecule has 5 aromatic rings. The van der Waals surface area contributed by atoms with Gasteiger partial charge in [0.15, 0.2) is 11.5 Å². The Hall–Kier alpha value is -4.56. The van der Waals surface area contributed by atoms with Crippen LogP contribution in [0.4, 0.5) is 5.13 Å². The van der Waals surface area contributed by atoms with Crippen LogP contribution in [0, 0.1) is 3.57 Å². The Balaban J connectivity index is 1.16. The van der Waals surface area contributed by atoms with Gasteiger partial charge in [-0.15, -0.1) is 10.2 Å². The Morgan fingerprint density at radius 1 is 0.977 bits per heavy atom. The molecule has 0 aliphatic heterocycles. The Morgan fingerprint density at radius 2 is 1.77 bits per heavy atom. The number of hydrogen-bond acceptors (Lipinski definition) is 9. The van der Waals surface area contributed by atoms with Gasteiger partial charge in [0.25, 0.3) is 5.91 Å². The maximum atomic E-state index is 12.4. The zero-order valence-corrected chi connectivity index (χ0v) is 26.1. The molecule has 0 saturated heterocycles. The minimum atomic E-state index is -0.378. The first-order valence-electron chi connectivity index (χ1n) is 13.0. The highest BCUT2D eigenvalue weighted by Gasteiger charge is 2.14. The van der Waals surface area contributed by atoms with Crippen molar-refractivity contribution in [1.29, 1.82) is 0 Å². The smallest absolute Gasteiger partial charge is 0.257 e. The SMILES string of the molecule is COc1ccc(C(=O)Nc2nnc(CC(=O)N/N=C/c3cc(I)c(OCc4cccc5ccccc45)c(OC)c3)s2)cc1. The number of benzene rings is 4. The van der Waals surface area contributed by atoms with Gasteiger partial charge in [0.2, 0.25) is 11.0 Å². The van der Waals surface area contributed by atoms with Gasteiger partial charge < -0.3 is 14.2 Å². The normalized spacial score (nSPS) is 11.0. The van der Waals surface area contributed by atoms with E-state index in [1.165, 1.54) is 6.21 Å². The van der Waals surface area contributed by atoms with Crippen molar-refractivity contribution in [1.82, 2.24) is 15.6 Å². The van der Waals surface area contributed by atoms with Crippen LogP contribution in [0.25, 0.3) is 10.8 Å². The van der Waals surface area contributed by atoms with Crippen LogP contribution >= 0.6 is 33.9 Å². The third-order valence-corrected chi connectivity index (χ3v) is 7.90. The van der Waals surface area contributed by atoms with Crippen molar-refractivity contribution in [3.05, 3.63) is 104 Å². The molecule has 1 heterocycles. The van der Waals surface area contributed by atoms with Crippen molar-refractivity contribution in [2.45, 2.75) is 13.0 Å². The van der Waals surface area contributed by atoms with E-state index < -0.39 is 0 Å². The number of methoxy groups -OCH3 is 2. The second kappa shape index (κ2) is 14.1. The first kappa shape index (κ1) is 29.9. The highest BCUT2D eigenvalue weighted by molar-refractivity contribution is 14.1. The highest BCUT2D eigenvalue weighted by atomic mass is 127. The quantitative estimate of drug-likeness (QED) is 0.101. The van der Waals surface area contributed by atoms with Gasteiger partial charge in [-0.25, -0.2) is 5.43 Å². The summed E-state index contributed by atoms with van der Waals surface area (Å²) in [5.41, 5.74) is 4.74. The average Bonchev–Trinajstić information content (AvgIpc) is 3.46. The Bertz CT molecular complexity index is 1790. The van der Waals surface area contributed by atoms with Gasteiger partial charge >= 0.3 is 0 Å². The number of nitrogens with one attached hydrogen (secondary N) is 2. The van der Waals surface area contributed by atoms with Crippen LogP contribution in [0.2, 0.25) is 0 Å². The van der Waals surface area contributed by atoms with Crippen LogP contribution in [0.5, 0.6) is 17.2 Å². The molecule has 0 fully saturated rings. The van der Waals surface area contributed by atoms with Crippen molar-refractivity contribution >= 4 is 67.9 Å². The molecule has 10 nitrogen and oxygen atoms in total. The van der Waals surface area contributed by atoms with Crippen molar-refractivity contribution in [3.63, 3.8) is 0 Å². The topological polar surface area (TPSA) is 124 Å². The fourth-order valence-corrected chi connectivity index (χ4v) is 5.68. The zero-order valence-electron chi connectivity index (χ0n) is 23.2. The van der Waals surface area contributed by atoms with Gasteiger partial charge in [-0.2, -0.15) is 5.10 Å². The number of ether oxygens (including phenoxy) is 3. The molecule has 2 N–H and O–H groups in total. The maximum absolute atomic E-state index is 12.4. The van der Waals surface area contributed by atoms with Crippen molar-refractivity contribution in [3.8, 4) is 17.2 Å². The summed E-state index contributed by atoms with van der Waals surface area (Å²) in [5.74, 6) is 1.11. The molecule has 0 unspecified atom stereocenters. The maximum Gasteiger partial charge on any atom is 0.257 e. The largest absolute Gasteiger partial charge is 0.497 e. The molecule has 2 amide bonds. The highest BCUT2D eigenvalue weighted by Crippen LogP contribution is 2.34. The van der Waals surface area contributed by atoms with E-state index in [0.29, 0.717) is 34.4 Å². The van der Waals surface area contributed by atoms with Gasteiger partial charge in [0.05, 0.1) is 30.4 Å². The summed E-state index contributed by atoms with van der Waals surface area (Å²) in [6, 6.07) is 24.7. The molecule has 5 rings (SSSR count). The van der Waals surface area contributed by atoms with E-state index in [2.05, 4.69) is 66.8 Å². The second-order valence-corrected chi connectivity index (χ2v) is 11.3. The number of fused-ring (bicyclic) bond motifs is 1. The van der Waals surface area contributed by atoms with Gasteiger partial charge in [-0.05, 0) is 80.9 Å². The van der Waals surface area contributed by atoms with Gasteiger partial charge in [-0.3, -0.25) is 14.9 Å². The van der Waals surface area contributed by atoms with Gasteiger partial charge in [0, 0.05) is 5.56 Å². The Morgan fingerprint density at radius 3 is 2.56 bits per heavy atom. The lowest BCUT2D eigenvalue weighted by molar-refractivity contribution is -0.120. The van der Waals surface area contributed by atoms with Crippen molar-refractivity contribution in [2.24, 2.45) is 5.10 Å². The molecule has 12 heteroatoms. The predicted octanol–water partition coefficient (Wildman–Crippen LogP) is 5.84. The molecule has 0 bridgehead atoms. The van der Waals surface area contributed by atoms with Crippen LogP contribution < -0.4 is 25.0 Å². The lowest BCUT2D eigenvalue weighted by Crippen LogP contribution is -2.19. The predicted molar refractivity (Wildman–Crippen MR) is 174 cm³/mol. The lowest BCUT2D eigenvalue weighted by Gasteiger charge is -2.14. The number of halogens is 1. The van der Waals surface area contributed by atoms with Crippen LogP contribution in [-0.2, 0) is 17.8 Å². The number of hydrazone groups is 1. The minimum absolute atomic E-state index is 0.0464. The first-order valence-corrected chi connectivity index (χ1v) is 14.9. The van der Waals surface area contributed by atoms with E-state index >= 15 is 0 Å². The van der Waals surface area contributed by atoms with E-state index in [4.69, 9.17) is 14.2 Å². The Kier molecular flexibility index (Phi) is 9.79. The number of hydrogen-bond donors (Lipinski definition) is 2. The van der Waals surface area contributed by atoms with E-state index in [-0.39, 0.29) is 23.4 Å². The minimum Gasteiger partial charge on any atom is -0.497 e. The monoisotopic (exact) mass is 707 g/mol. The van der Waals surface area contributed by atoms with Crippen molar-refractivity contribution in [2.75, 3.05) is 19.5 Å². The summed E-state index contributed by atoms with van der Waals surface area (Å²) in [6.07, 6.45) is 1.48. The molecule has 0 spiro atoms. The molecular weight excluding hydrogens is 681 g/mol. The molecule has 43 heavy (non-hydrogen) atoms. The van der Waals surface area contributed by atoms with E-state index in [0.717, 1.165) is 36.8 Å². The average molecular weight is 708 g/mol. The number of aromatic nitrogens is 2. The van der Waals surface area contributed by atoms with E-state index in [1.54, 1.807) is 44.6 Å². The van der Waals surface area contributed by atoms with Crippen LogP contribution in [-0.4, -0.2) is 42.4 Å². The number of carbonyl (C=O) groups excluding carboxylic acids is 2. The summed E-state index contributed by atoms with van der Waals surface area (Å²) < 4.78 is 17.7. The molecule has 4 aromatic carbocycles. The van der Waals surface area contributed by atoms with Crippen LogP contribution in [0.15, 0.2) is 84.0 Å². The summed E-state index contributed by atoms with van der Waals surface area (Å²) in [5, 5.41) is 17.7. The summed E-state index contributed by atoms with van der Waals surface area (Å²) in [7, 11) is 3.13. The first-order chi connectivity index (χ1) is 20.9. The zero-order chi connectivity index (χ0) is 30.2. The lowest BCUT2D eigenvalue weighted by atomic mass is 10.1. The molecule has 0 atom stereocenters. The second-order valence-electron chi connectivity index (χ2n) is 9.11. The molecule has 218 valence electrons. The summed E-state index contributed by atoms with van der Waals surface area (Å²) in [4.78, 5) is 24.9. The number of nitrogens with zero attached hydrogens (tertiary/aromatic N) is 3. The molecular formula is C31H26IN5O5S. The number of anilines is 1. The third kappa shape index (κ3) is 7.64. The molecule has 0 aliphatic carbocycles. The molecule has 0 saturated carbocycles. The fraction of sp³-hybridized carbons (Fsp3) is 0.129. The van der Waals surface area contributed by atoms with Gasteiger partial charge in [0.1, 0.15) is 17.4 Å². The van der Waals surface area contributed by atoms with Crippen LogP contribution in [0.1, 0.15) is 26.5 Å². The number of carbonyl (C=O) groups is 2. The summed E-state index contributed by atoms with van der Waals surface area (Å²) in [6.45, 7) is 0.385. The third-order valence-electron chi connectivity index (χ3n) is 6.26. The molecule has 0 aliphatic rings. The van der Waals surface area contributed by atoms with Crippen LogP contribution in [0.3, 0.4) is 0 Å². The number of amides is 2. The standard InChI is InChI=1S/C31H26IN5O5S/c1-40-23-12-10-21(11-13-23)30(39)34-31-37-36-28(43-31)16-27(38)35-33-17-19-14-25(32)29(26(15-19)41-2)42-18-22-8-5-7-20-6-3-4-9-24(20)22/h3-15,17H,16,18H2,1-2H3,(H,35,38)(H,34,37,39)/b33-17+. The van der Waals surface area contributed by atoms with Crippen molar-refractivity contribution < 1.29 is 23.8 Å².